The molecule has 0 aliphatic heterocycles. The number of rotatable bonds is 6. The van der Waals surface area contributed by atoms with Gasteiger partial charge in [0.05, 0.1) is 12.2 Å². The summed E-state index contributed by atoms with van der Waals surface area (Å²) in [5.41, 5.74) is 0.955. The Morgan fingerprint density at radius 2 is 1.40 bits per heavy atom. The molecule has 0 aliphatic rings. The van der Waals surface area contributed by atoms with Crippen LogP contribution < -0.4 is 4.74 Å². The Bertz CT molecular complexity index is 1170. The van der Waals surface area contributed by atoms with Crippen LogP contribution in [0.15, 0.2) is 78.9 Å². The quantitative estimate of drug-likeness (QED) is 0.233. The molecule has 0 bridgehead atoms. The summed E-state index contributed by atoms with van der Waals surface area (Å²) in [7, 11) is 0. The molecule has 0 aliphatic carbocycles. The third-order valence-electron chi connectivity index (χ3n) is 5.08. The number of ether oxygens (including phenoxy) is 2. The summed E-state index contributed by atoms with van der Waals surface area (Å²) in [6, 6.07) is 24.3. The minimum absolute atomic E-state index is 0.254. The first kappa shape index (κ1) is 19.6. The average molecular weight is 398 g/mol. The van der Waals surface area contributed by atoms with Crippen LogP contribution in [0.1, 0.15) is 34.6 Å². The summed E-state index contributed by atoms with van der Waals surface area (Å²) in [5, 5.41) is 3.52. The SMILES string of the molecule is CCOc1ccc(C(=O)[C@H](C)OC(=O)c2c3ccccc3cc3ccccc23)cc1. The first-order valence-electron chi connectivity index (χ1n) is 9.97. The molecule has 4 rings (SSSR count). The maximum atomic E-state index is 13.2. The number of Topliss-reactive ketones (excluding diaryl/α,β-unsaturated/α-hetero) is 1. The minimum atomic E-state index is -0.909. The number of carbonyl (C=O) groups is 2. The zero-order valence-corrected chi connectivity index (χ0v) is 16.9. The predicted octanol–water partition coefficient (Wildman–Crippen LogP) is 5.82. The van der Waals surface area contributed by atoms with Crippen molar-refractivity contribution in [3.8, 4) is 5.75 Å². The van der Waals surface area contributed by atoms with Crippen LogP contribution in [0.5, 0.6) is 5.75 Å². The van der Waals surface area contributed by atoms with Crippen LogP contribution in [0.2, 0.25) is 0 Å². The van der Waals surface area contributed by atoms with Gasteiger partial charge >= 0.3 is 5.97 Å². The molecule has 4 aromatic carbocycles. The molecule has 0 saturated heterocycles. The summed E-state index contributed by atoms with van der Waals surface area (Å²) in [4.78, 5) is 26.0. The van der Waals surface area contributed by atoms with E-state index in [1.165, 1.54) is 0 Å². The van der Waals surface area contributed by atoms with Crippen molar-refractivity contribution in [1.29, 1.82) is 0 Å². The lowest BCUT2D eigenvalue weighted by molar-refractivity contribution is 0.0322. The molecular weight excluding hydrogens is 376 g/mol. The molecule has 30 heavy (non-hydrogen) atoms. The lowest BCUT2D eigenvalue weighted by Crippen LogP contribution is -2.24. The second kappa shape index (κ2) is 8.37. The number of benzene rings is 4. The van der Waals surface area contributed by atoms with Crippen molar-refractivity contribution in [1.82, 2.24) is 0 Å². The Balaban J connectivity index is 1.64. The highest BCUT2D eigenvalue weighted by molar-refractivity contribution is 6.17. The van der Waals surface area contributed by atoms with Gasteiger partial charge in [-0.2, -0.15) is 0 Å². The topological polar surface area (TPSA) is 52.6 Å². The van der Waals surface area contributed by atoms with Crippen LogP contribution >= 0.6 is 0 Å². The zero-order chi connectivity index (χ0) is 21.1. The van der Waals surface area contributed by atoms with Gasteiger partial charge in [0, 0.05) is 5.56 Å². The minimum Gasteiger partial charge on any atom is -0.494 e. The Kier molecular flexibility index (Phi) is 5.48. The van der Waals surface area contributed by atoms with Gasteiger partial charge in [-0.25, -0.2) is 4.79 Å². The Morgan fingerprint density at radius 3 is 1.97 bits per heavy atom. The second-order valence-electron chi connectivity index (χ2n) is 7.06. The second-order valence-corrected chi connectivity index (χ2v) is 7.06. The third kappa shape index (κ3) is 3.77. The van der Waals surface area contributed by atoms with Crippen LogP contribution in [-0.4, -0.2) is 24.5 Å². The summed E-state index contributed by atoms with van der Waals surface area (Å²) < 4.78 is 11.0. The van der Waals surface area contributed by atoms with Crippen molar-refractivity contribution in [2.45, 2.75) is 20.0 Å². The van der Waals surface area contributed by atoms with E-state index >= 15 is 0 Å². The van der Waals surface area contributed by atoms with E-state index in [0.717, 1.165) is 21.5 Å². The molecule has 4 aromatic rings. The summed E-state index contributed by atoms with van der Waals surface area (Å²) in [5.74, 6) is -0.0633. The summed E-state index contributed by atoms with van der Waals surface area (Å²) >= 11 is 0. The normalized spacial score (nSPS) is 11.9. The number of fused-ring (bicyclic) bond motifs is 2. The van der Waals surface area contributed by atoms with Crippen molar-refractivity contribution < 1.29 is 19.1 Å². The summed E-state index contributed by atoms with van der Waals surface area (Å²) in [6.45, 7) is 4.06. The van der Waals surface area contributed by atoms with Gasteiger partial charge in [0.1, 0.15) is 5.75 Å². The van der Waals surface area contributed by atoms with E-state index in [9.17, 15) is 9.59 Å². The fraction of sp³-hybridized carbons (Fsp3) is 0.154. The molecule has 4 heteroatoms. The number of hydrogen-bond donors (Lipinski definition) is 0. The van der Waals surface area contributed by atoms with Gasteiger partial charge in [0.25, 0.3) is 0 Å². The molecule has 1 atom stereocenters. The fourth-order valence-corrected chi connectivity index (χ4v) is 3.62. The lowest BCUT2D eigenvalue weighted by Gasteiger charge is -2.15. The highest BCUT2D eigenvalue weighted by Gasteiger charge is 2.23. The van der Waals surface area contributed by atoms with E-state index in [0.29, 0.717) is 23.5 Å². The molecule has 4 nitrogen and oxygen atoms in total. The van der Waals surface area contributed by atoms with E-state index in [1.807, 2.05) is 55.5 Å². The Labute approximate surface area is 175 Å². The zero-order valence-electron chi connectivity index (χ0n) is 16.9. The van der Waals surface area contributed by atoms with E-state index in [2.05, 4.69) is 6.07 Å². The van der Waals surface area contributed by atoms with Gasteiger partial charge < -0.3 is 9.47 Å². The molecule has 0 unspecified atom stereocenters. The highest BCUT2D eigenvalue weighted by Crippen LogP contribution is 2.29. The first-order chi connectivity index (χ1) is 14.6. The molecule has 0 radical (unpaired) electrons. The molecule has 0 fully saturated rings. The van der Waals surface area contributed by atoms with Crippen LogP contribution in [0, 0.1) is 0 Å². The van der Waals surface area contributed by atoms with Crippen LogP contribution in [0.3, 0.4) is 0 Å². The van der Waals surface area contributed by atoms with E-state index in [-0.39, 0.29) is 5.78 Å². The maximum absolute atomic E-state index is 13.2. The highest BCUT2D eigenvalue weighted by atomic mass is 16.5. The van der Waals surface area contributed by atoms with Gasteiger partial charge in [-0.1, -0.05) is 48.5 Å². The van der Waals surface area contributed by atoms with Crippen LogP contribution in [0.25, 0.3) is 21.5 Å². The van der Waals surface area contributed by atoms with Gasteiger partial charge in [0.2, 0.25) is 5.78 Å². The molecule has 0 N–H and O–H groups in total. The number of ketones is 1. The van der Waals surface area contributed by atoms with Gasteiger partial charge in [0.15, 0.2) is 6.10 Å². The number of esters is 1. The van der Waals surface area contributed by atoms with E-state index in [1.54, 1.807) is 31.2 Å². The van der Waals surface area contributed by atoms with Crippen molar-refractivity contribution >= 4 is 33.3 Å². The molecule has 0 heterocycles. The van der Waals surface area contributed by atoms with Crippen molar-refractivity contribution in [2.75, 3.05) is 6.61 Å². The Morgan fingerprint density at radius 1 is 0.833 bits per heavy atom. The molecule has 0 aromatic heterocycles. The first-order valence-corrected chi connectivity index (χ1v) is 9.97. The maximum Gasteiger partial charge on any atom is 0.340 e. The van der Waals surface area contributed by atoms with Gasteiger partial charge in [-0.15, -0.1) is 0 Å². The molecule has 150 valence electrons. The standard InChI is InChI=1S/C26H22O4/c1-3-29-21-14-12-18(13-15-21)25(27)17(2)30-26(28)24-22-10-6-4-8-19(22)16-20-9-5-7-11-23(20)24/h4-17H,3H2,1-2H3/t17-/m0/s1. The van der Waals surface area contributed by atoms with Crippen molar-refractivity contribution in [3.63, 3.8) is 0 Å². The third-order valence-corrected chi connectivity index (χ3v) is 5.08. The molecule has 0 saturated carbocycles. The monoisotopic (exact) mass is 398 g/mol. The molecular formula is C26H22O4. The van der Waals surface area contributed by atoms with Gasteiger partial charge in [-0.3, -0.25) is 4.79 Å². The van der Waals surface area contributed by atoms with E-state index < -0.39 is 12.1 Å². The summed E-state index contributed by atoms with van der Waals surface area (Å²) in [6.07, 6.45) is -0.909. The van der Waals surface area contributed by atoms with Crippen molar-refractivity contribution in [2.24, 2.45) is 0 Å². The van der Waals surface area contributed by atoms with Crippen molar-refractivity contribution in [3.05, 3.63) is 90.0 Å². The Hall–Kier alpha value is -3.66. The average Bonchev–Trinajstić information content (AvgIpc) is 2.77. The van der Waals surface area contributed by atoms with Crippen LogP contribution in [-0.2, 0) is 4.74 Å². The smallest absolute Gasteiger partial charge is 0.340 e. The fourth-order valence-electron chi connectivity index (χ4n) is 3.62. The number of hydrogen-bond acceptors (Lipinski definition) is 4. The lowest BCUT2D eigenvalue weighted by atomic mass is 9.97. The number of carbonyl (C=O) groups excluding carboxylic acids is 2. The predicted molar refractivity (Wildman–Crippen MR) is 118 cm³/mol. The van der Waals surface area contributed by atoms with E-state index in [4.69, 9.17) is 9.47 Å². The molecule has 0 spiro atoms. The largest absolute Gasteiger partial charge is 0.494 e. The molecule has 0 amide bonds. The van der Waals surface area contributed by atoms with Gasteiger partial charge in [-0.05, 0) is 65.7 Å². The van der Waals surface area contributed by atoms with Crippen LogP contribution in [0.4, 0.5) is 0 Å².